The maximum absolute atomic E-state index is 5.71. The van der Waals surface area contributed by atoms with Gasteiger partial charge in [-0.15, -0.1) is 0 Å². The van der Waals surface area contributed by atoms with Gasteiger partial charge < -0.3 is 19.5 Å². The number of aromatic nitrogens is 1. The lowest BCUT2D eigenvalue weighted by atomic mass is 10.3. The van der Waals surface area contributed by atoms with E-state index < -0.39 is 0 Å². The van der Waals surface area contributed by atoms with Crippen LogP contribution in [0.15, 0.2) is 42.5 Å². The molecule has 2 heterocycles. The van der Waals surface area contributed by atoms with Gasteiger partial charge in [0.1, 0.15) is 12.4 Å². The van der Waals surface area contributed by atoms with E-state index in [0.29, 0.717) is 13.2 Å². The molecule has 2 aromatic carbocycles. The van der Waals surface area contributed by atoms with Gasteiger partial charge in [-0.25, -0.2) is 4.98 Å². The average Bonchev–Trinajstić information content (AvgIpc) is 3.17. The van der Waals surface area contributed by atoms with Crippen molar-refractivity contribution in [1.82, 2.24) is 4.98 Å². The van der Waals surface area contributed by atoms with Crippen molar-refractivity contribution in [2.24, 2.45) is 0 Å². The lowest BCUT2D eigenvalue weighted by molar-refractivity contribution is 0.174. The molecular formula is C16H14N2O3S. The zero-order valence-corrected chi connectivity index (χ0v) is 12.6. The van der Waals surface area contributed by atoms with Crippen LogP contribution in [0.5, 0.6) is 17.2 Å². The molecule has 0 saturated carbocycles. The Morgan fingerprint density at radius 3 is 3.00 bits per heavy atom. The van der Waals surface area contributed by atoms with Crippen LogP contribution in [0.2, 0.25) is 0 Å². The van der Waals surface area contributed by atoms with Gasteiger partial charge in [0.25, 0.3) is 0 Å². The fourth-order valence-electron chi connectivity index (χ4n) is 2.24. The Hall–Kier alpha value is -2.47. The van der Waals surface area contributed by atoms with Crippen LogP contribution in [0.4, 0.5) is 5.13 Å². The maximum atomic E-state index is 5.71. The summed E-state index contributed by atoms with van der Waals surface area (Å²) >= 11 is 1.65. The zero-order chi connectivity index (χ0) is 14.8. The first kappa shape index (κ1) is 13.2. The van der Waals surface area contributed by atoms with Crippen molar-refractivity contribution < 1.29 is 14.2 Å². The van der Waals surface area contributed by atoms with Crippen molar-refractivity contribution in [3.05, 3.63) is 42.5 Å². The number of ether oxygens (including phenoxy) is 3. The molecule has 3 aromatic rings. The second-order valence-corrected chi connectivity index (χ2v) is 5.81. The van der Waals surface area contributed by atoms with E-state index in [1.807, 2.05) is 36.4 Å². The molecule has 4 rings (SSSR count). The minimum absolute atomic E-state index is 0.276. The van der Waals surface area contributed by atoms with Gasteiger partial charge in [0.2, 0.25) is 6.79 Å². The van der Waals surface area contributed by atoms with E-state index in [4.69, 9.17) is 14.2 Å². The first-order valence-electron chi connectivity index (χ1n) is 7.00. The van der Waals surface area contributed by atoms with E-state index in [2.05, 4.69) is 16.4 Å². The van der Waals surface area contributed by atoms with E-state index in [-0.39, 0.29) is 6.79 Å². The van der Waals surface area contributed by atoms with Gasteiger partial charge >= 0.3 is 0 Å². The molecule has 0 aliphatic carbocycles. The van der Waals surface area contributed by atoms with Gasteiger partial charge in [0, 0.05) is 6.07 Å². The van der Waals surface area contributed by atoms with Crippen molar-refractivity contribution in [3.8, 4) is 17.2 Å². The van der Waals surface area contributed by atoms with Crippen LogP contribution in [0.25, 0.3) is 10.2 Å². The zero-order valence-electron chi connectivity index (χ0n) is 11.7. The lowest BCUT2D eigenvalue weighted by Gasteiger charge is -2.07. The molecule has 1 aromatic heterocycles. The van der Waals surface area contributed by atoms with Crippen LogP contribution >= 0.6 is 11.3 Å². The number of rotatable bonds is 5. The average molecular weight is 314 g/mol. The Morgan fingerprint density at radius 1 is 1.14 bits per heavy atom. The summed E-state index contributed by atoms with van der Waals surface area (Å²) in [5, 5.41) is 4.20. The molecule has 0 radical (unpaired) electrons. The van der Waals surface area contributed by atoms with Crippen LogP contribution in [-0.2, 0) is 0 Å². The highest BCUT2D eigenvalue weighted by molar-refractivity contribution is 7.22. The van der Waals surface area contributed by atoms with Crippen molar-refractivity contribution in [1.29, 1.82) is 0 Å². The molecule has 1 N–H and O–H groups in total. The van der Waals surface area contributed by atoms with Crippen molar-refractivity contribution in [2.75, 3.05) is 25.3 Å². The largest absolute Gasteiger partial charge is 0.492 e. The highest BCUT2D eigenvalue weighted by Crippen LogP contribution is 2.35. The number of nitrogens with zero attached hydrogens (tertiary/aromatic N) is 1. The number of anilines is 1. The van der Waals surface area contributed by atoms with E-state index in [9.17, 15) is 0 Å². The molecule has 112 valence electrons. The van der Waals surface area contributed by atoms with Crippen molar-refractivity contribution >= 4 is 26.7 Å². The minimum atomic E-state index is 0.276. The van der Waals surface area contributed by atoms with Crippen LogP contribution < -0.4 is 19.5 Å². The summed E-state index contributed by atoms with van der Waals surface area (Å²) in [5.74, 6) is 2.27. The number of hydrogen-bond acceptors (Lipinski definition) is 6. The summed E-state index contributed by atoms with van der Waals surface area (Å²) in [4.78, 5) is 4.52. The highest BCUT2D eigenvalue weighted by Gasteiger charge is 2.13. The van der Waals surface area contributed by atoms with E-state index in [1.54, 1.807) is 11.3 Å². The number of benzene rings is 2. The van der Waals surface area contributed by atoms with E-state index >= 15 is 0 Å². The predicted molar refractivity (Wildman–Crippen MR) is 86.2 cm³/mol. The molecule has 5 nitrogen and oxygen atoms in total. The molecule has 0 unspecified atom stereocenters. The number of fused-ring (bicyclic) bond motifs is 2. The molecule has 0 atom stereocenters. The predicted octanol–water partition coefficient (Wildman–Crippen LogP) is 3.52. The summed E-state index contributed by atoms with van der Waals surface area (Å²) in [6, 6.07) is 13.7. The summed E-state index contributed by atoms with van der Waals surface area (Å²) in [7, 11) is 0. The first-order chi connectivity index (χ1) is 10.9. The van der Waals surface area contributed by atoms with Gasteiger partial charge in [0.15, 0.2) is 16.6 Å². The van der Waals surface area contributed by atoms with Crippen molar-refractivity contribution in [2.45, 2.75) is 0 Å². The standard InChI is InChI=1S/C16H14N2O3S/c1-2-4-15-12(3-1)18-16(22-15)17-7-8-19-11-5-6-13-14(9-11)21-10-20-13/h1-6,9H,7-8,10H2,(H,17,18). The number of para-hydroxylation sites is 1. The molecule has 1 aliphatic heterocycles. The van der Waals surface area contributed by atoms with Gasteiger partial charge in [-0.3, -0.25) is 0 Å². The SMILES string of the molecule is c1ccc2sc(NCCOc3ccc4c(c3)OCO4)nc2c1. The Morgan fingerprint density at radius 2 is 2.05 bits per heavy atom. The summed E-state index contributed by atoms with van der Waals surface area (Å²) in [5.41, 5.74) is 1.02. The third kappa shape index (κ3) is 2.65. The van der Waals surface area contributed by atoms with Gasteiger partial charge in [-0.1, -0.05) is 23.5 Å². The van der Waals surface area contributed by atoms with Crippen LogP contribution in [0.3, 0.4) is 0 Å². The van der Waals surface area contributed by atoms with Gasteiger partial charge in [-0.05, 0) is 24.3 Å². The molecule has 0 saturated heterocycles. The molecule has 1 aliphatic rings. The Labute approximate surface area is 131 Å². The smallest absolute Gasteiger partial charge is 0.231 e. The lowest BCUT2D eigenvalue weighted by Crippen LogP contribution is -2.11. The minimum Gasteiger partial charge on any atom is -0.492 e. The molecule has 0 amide bonds. The third-order valence-corrected chi connectivity index (χ3v) is 4.28. The Balaban J connectivity index is 1.31. The molecule has 6 heteroatoms. The molecule has 0 bridgehead atoms. The quantitative estimate of drug-likeness (QED) is 0.730. The number of thiazole rings is 1. The number of nitrogens with one attached hydrogen (secondary N) is 1. The van der Waals surface area contributed by atoms with Gasteiger partial charge in [-0.2, -0.15) is 0 Å². The molecule has 0 spiro atoms. The Kier molecular flexibility index (Phi) is 3.44. The van der Waals surface area contributed by atoms with Crippen LogP contribution in [0.1, 0.15) is 0 Å². The molecule has 0 fully saturated rings. The third-order valence-electron chi connectivity index (χ3n) is 3.28. The topological polar surface area (TPSA) is 52.6 Å². The van der Waals surface area contributed by atoms with Crippen LogP contribution in [0, 0.1) is 0 Å². The molecule has 22 heavy (non-hydrogen) atoms. The highest BCUT2D eigenvalue weighted by atomic mass is 32.1. The second-order valence-electron chi connectivity index (χ2n) is 4.78. The first-order valence-corrected chi connectivity index (χ1v) is 7.82. The molecular weight excluding hydrogens is 300 g/mol. The van der Waals surface area contributed by atoms with E-state index in [0.717, 1.165) is 27.9 Å². The summed E-state index contributed by atoms with van der Waals surface area (Å²) in [6.07, 6.45) is 0. The normalized spacial score (nSPS) is 12.5. The summed E-state index contributed by atoms with van der Waals surface area (Å²) < 4.78 is 17.5. The van der Waals surface area contributed by atoms with E-state index in [1.165, 1.54) is 4.70 Å². The fourth-order valence-corrected chi connectivity index (χ4v) is 3.13. The number of hydrogen-bond donors (Lipinski definition) is 1. The fraction of sp³-hybridized carbons (Fsp3) is 0.188. The monoisotopic (exact) mass is 314 g/mol. The van der Waals surface area contributed by atoms with Crippen molar-refractivity contribution in [3.63, 3.8) is 0 Å². The Bertz CT molecular complexity index is 770. The summed E-state index contributed by atoms with van der Waals surface area (Å²) in [6.45, 7) is 1.52. The van der Waals surface area contributed by atoms with Gasteiger partial charge in [0.05, 0.1) is 16.8 Å². The maximum Gasteiger partial charge on any atom is 0.231 e. The second kappa shape index (κ2) is 5.73. The van der Waals surface area contributed by atoms with Crippen LogP contribution in [-0.4, -0.2) is 24.9 Å².